The number of amides is 1. The fourth-order valence-electron chi connectivity index (χ4n) is 2.59. The molecule has 9 nitrogen and oxygen atoms in total. The minimum Gasteiger partial charge on any atom is -0.364 e. The SMILES string of the molecule is CN1CCN(c2ncc(NOC=O)cc2C(F)(F)F)CC1.NC(=O)c1ccccn1. The van der Waals surface area contributed by atoms with Crippen LogP contribution < -0.4 is 16.1 Å². The number of rotatable bonds is 5. The molecule has 0 aliphatic carbocycles. The number of halogens is 3. The zero-order chi connectivity index (χ0) is 22.1. The molecule has 3 N–H and O–H groups in total. The monoisotopic (exact) mass is 426 g/mol. The molecule has 0 bridgehead atoms. The summed E-state index contributed by atoms with van der Waals surface area (Å²) in [5.74, 6) is -0.595. The Morgan fingerprint density at radius 1 is 1.23 bits per heavy atom. The first-order valence-corrected chi connectivity index (χ1v) is 8.79. The summed E-state index contributed by atoms with van der Waals surface area (Å²) < 4.78 is 39.5. The lowest BCUT2D eigenvalue weighted by Crippen LogP contribution is -2.45. The van der Waals surface area contributed by atoms with Crippen LogP contribution in [0.25, 0.3) is 0 Å². The van der Waals surface area contributed by atoms with Gasteiger partial charge in [0, 0.05) is 32.4 Å². The molecule has 2 aromatic rings. The Kier molecular flexibility index (Phi) is 7.92. The van der Waals surface area contributed by atoms with Crippen molar-refractivity contribution in [1.29, 1.82) is 0 Å². The quantitative estimate of drug-likeness (QED) is 0.547. The Morgan fingerprint density at radius 2 is 1.93 bits per heavy atom. The van der Waals surface area contributed by atoms with Gasteiger partial charge in [0.05, 0.1) is 11.9 Å². The molecule has 0 atom stereocenters. The number of piperazine rings is 1. The molecule has 0 unspecified atom stereocenters. The fraction of sp³-hybridized carbons (Fsp3) is 0.333. The molecule has 1 aliphatic heterocycles. The van der Waals surface area contributed by atoms with Gasteiger partial charge in [-0.15, -0.1) is 0 Å². The number of aromatic nitrogens is 2. The number of nitrogens with two attached hydrogens (primary N) is 1. The Labute approximate surface area is 170 Å². The largest absolute Gasteiger partial charge is 0.420 e. The van der Waals surface area contributed by atoms with Gasteiger partial charge in [0.1, 0.15) is 17.1 Å². The van der Waals surface area contributed by atoms with E-state index in [2.05, 4.69) is 20.3 Å². The molecule has 0 radical (unpaired) electrons. The van der Waals surface area contributed by atoms with Crippen molar-refractivity contribution in [2.24, 2.45) is 5.73 Å². The maximum atomic E-state index is 13.2. The fourth-order valence-corrected chi connectivity index (χ4v) is 2.59. The number of anilines is 2. The summed E-state index contributed by atoms with van der Waals surface area (Å²) in [5, 5.41) is 0. The number of likely N-dealkylation sites (N-methyl/N-ethyl adjacent to an activating group) is 1. The van der Waals surface area contributed by atoms with Crippen molar-refractivity contribution in [3.63, 3.8) is 0 Å². The van der Waals surface area contributed by atoms with Crippen molar-refractivity contribution in [2.75, 3.05) is 43.6 Å². The van der Waals surface area contributed by atoms with E-state index in [1.165, 1.54) is 12.4 Å². The average molecular weight is 426 g/mol. The summed E-state index contributed by atoms with van der Waals surface area (Å²) in [7, 11) is 1.92. The van der Waals surface area contributed by atoms with E-state index in [0.717, 1.165) is 6.07 Å². The topological polar surface area (TPSA) is 114 Å². The van der Waals surface area contributed by atoms with Crippen molar-refractivity contribution in [2.45, 2.75) is 6.18 Å². The van der Waals surface area contributed by atoms with Gasteiger partial charge in [-0.25, -0.2) is 10.5 Å². The zero-order valence-corrected chi connectivity index (χ0v) is 16.1. The molecule has 30 heavy (non-hydrogen) atoms. The van der Waals surface area contributed by atoms with Crippen LogP contribution in [0.1, 0.15) is 16.1 Å². The highest BCUT2D eigenvalue weighted by Crippen LogP contribution is 2.37. The third-order valence-electron chi connectivity index (χ3n) is 4.12. The van der Waals surface area contributed by atoms with E-state index < -0.39 is 17.6 Å². The highest BCUT2D eigenvalue weighted by molar-refractivity contribution is 5.90. The van der Waals surface area contributed by atoms with Crippen LogP contribution >= 0.6 is 0 Å². The van der Waals surface area contributed by atoms with Crippen molar-refractivity contribution in [3.05, 3.63) is 47.9 Å². The number of primary amides is 1. The summed E-state index contributed by atoms with van der Waals surface area (Å²) in [5.41, 5.74) is 6.41. The van der Waals surface area contributed by atoms with Gasteiger partial charge >= 0.3 is 12.6 Å². The van der Waals surface area contributed by atoms with Crippen molar-refractivity contribution >= 4 is 23.9 Å². The van der Waals surface area contributed by atoms with E-state index in [9.17, 15) is 22.8 Å². The number of nitrogens with zero attached hydrogens (tertiary/aromatic N) is 4. The molecule has 3 rings (SSSR count). The number of nitrogens with one attached hydrogen (secondary N) is 1. The lowest BCUT2D eigenvalue weighted by Gasteiger charge is -2.34. The summed E-state index contributed by atoms with van der Waals surface area (Å²) in [6.45, 7) is 2.39. The number of pyridine rings is 2. The highest BCUT2D eigenvalue weighted by Gasteiger charge is 2.36. The van der Waals surface area contributed by atoms with E-state index >= 15 is 0 Å². The molecule has 2 aromatic heterocycles. The summed E-state index contributed by atoms with van der Waals surface area (Å²) >= 11 is 0. The molecule has 1 fully saturated rings. The number of carbonyl (C=O) groups excluding carboxylic acids is 2. The standard InChI is InChI=1S/C12H15F3N4O2.C6H6N2O/c1-18-2-4-19(5-3-18)11-10(12(13,14)15)6-9(7-16-11)17-21-8-20;7-6(9)5-3-1-2-4-8-5/h6-8,17H,2-5H2,1H3;1-4H,(H2,7,9). The predicted octanol–water partition coefficient (Wildman–Crippen LogP) is 1.53. The summed E-state index contributed by atoms with van der Waals surface area (Å²) in [4.78, 5) is 35.9. The number of hydrogen-bond donors (Lipinski definition) is 2. The molecule has 162 valence electrons. The van der Waals surface area contributed by atoms with Crippen LogP contribution in [0.5, 0.6) is 0 Å². The van der Waals surface area contributed by atoms with Crippen LogP contribution in [-0.2, 0) is 15.8 Å². The first-order chi connectivity index (χ1) is 14.2. The van der Waals surface area contributed by atoms with E-state index in [1.807, 2.05) is 11.9 Å². The average Bonchev–Trinajstić information content (AvgIpc) is 2.73. The van der Waals surface area contributed by atoms with Gasteiger partial charge in [0.25, 0.3) is 5.91 Å². The smallest absolute Gasteiger partial charge is 0.364 e. The van der Waals surface area contributed by atoms with Crippen LogP contribution in [0, 0.1) is 0 Å². The lowest BCUT2D eigenvalue weighted by molar-refractivity contribution is -0.137. The molecule has 1 aliphatic rings. The molecule has 0 spiro atoms. The second-order valence-corrected chi connectivity index (χ2v) is 6.28. The molecule has 1 amide bonds. The van der Waals surface area contributed by atoms with Gasteiger partial charge in [0.2, 0.25) is 0 Å². The predicted molar refractivity (Wildman–Crippen MR) is 102 cm³/mol. The van der Waals surface area contributed by atoms with Crippen LogP contribution in [0.3, 0.4) is 0 Å². The van der Waals surface area contributed by atoms with Crippen LogP contribution in [-0.4, -0.2) is 60.5 Å². The third-order valence-corrected chi connectivity index (χ3v) is 4.12. The minimum atomic E-state index is -4.54. The van der Waals surface area contributed by atoms with Gasteiger partial charge in [-0.1, -0.05) is 6.07 Å². The highest BCUT2D eigenvalue weighted by atomic mass is 19.4. The van der Waals surface area contributed by atoms with Crippen molar-refractivity contribution < 1.29 is 27.6 Å². The van der Waals surface area contributed by atoms with Gasteiger partial charge in [-0.05, 0) is 25.2 Å². The van der Waals surface area contributed by atoms with Crippen LogP contribution in [0.15, 0.2) is 36.7 Å². The first kappa shape index (κ1) is 22.9. The maximum absolute atomic E-state index is 13.2. The van der Waals surface area contributed by atoms with Crippen LogP contribution in [0.2, 0.25) is 0 Å². The lowest BCUT2D eigenvalue weighted by atomic mass is 10.2. The Morgan fingerprint density at radius 3 is 2.43 bits per heavy atom. The van der Waals surface area contributed by atoms with E-state index in [-0.39, 0.29) is 18.0 Å². The molecule has 1 saturated heterocycles. The number of hydrogen-bond acceptors (Lipinski definition) is 8. The number of carbonyl (C=O) groups is 2. The van der Waals surface area contributed by atoms with E-state index in [1.54, 1.807) is 23.1 Å². The minimum absolute atomic E-state index is 0.0349. The van der Waals surface area contributed by atoms with Gasteiger partial charge in [0.15, 0.2) is 0 Å². The Balaban J connectivity index is 0.000000297. The van der Waals surface area contributed by atoms with Gasteiger partial charge in [-0.2, -0.15) is 13.2 Å². The molecule has 0 saturated carbocycles. The maximum Gasteiger partial charge on any atom is 0.420 e. The van der Waals surface area contributed by atoms with E-state index in [4.69, 9.17) is 5.73 Å². The molecule has 0 aromatic carbocycles. The second-order valence-electron chi connectivity index (χ2n) is 6.28. The molecule has 3 heterocycles. The van der Waals surface area contributed by atoms with Gasteiger partial charge < -0.3 is 20.4 Å². The van der Waals surface area contributed by atoms with Crippen LogP contribution in [0.4, 0.5) is 24.7 Å². The second kappa shape index (κ2) is 10.4. The number of alkyl halides is 3. The normalized spacial score (nSPS) is 14.3. The Hall–Kier alpha value is -3.41. The first-order valence-electron chi connectivity index (χ1n) is 8.79. The Bertz CT molecular complexity index is 843. The van der Waals surface area contributed by atoms with Gasteiger partial charge in [-0.3, -0.25) is 14.6 Å². The van der Waals surface area contributed by atoms with Crippen molar-refractivity contribution in [3.8, 4) is 0 Å². The molecule has 12 heteroatoms. The molecular weight excluding hydrogens is 405 g/mol. The zero-order valence-electron chi connectivity index (χ0n) is 16.1. The third kappa shape index (κ3) is 6.58. The van der Waals surface area contributed by atoms with E-state index in [0.29, 0.717) is 31.9 Å². The molecular formula is C18H21F3N6O3. The summed E-state index contributed by atoms with van der Waals surface area (Å²) in [6, 6.07) is 5.89. The van der Waals surface area contributed by atoms with Crippen molar-refractivity contribution in [1.82, 2.24) is 14.9 Å². The summed E-state index contributed by atoms with van der Waals surface area (Å²) in [6.07, 6.45) is -1.81.